The first-order valence-electron chi connectivity index (χ1n) is 12.6. The van der Waals surface area contributed by atoms with E-state index in [-0.39, 0.29) is 35.1 Å². The van der Waals surface area contributed by atoms with Gasteiger partial charge in [0.05, 0.1) is 41.8 Å². The number of hydrogen-bond acceptors (Lipinski definition) is 5. The molecule has 0 saturated heterocycles. The molecule has 0 aliphatic carbocycles. The first-order valence-corrected chi connectivity index (χ1v) is 14.1. The van der Waals surface area contributed by atoms with Crippen LogP contribution in [-0.4, -0.2) is 31.0 Å². The molecule has 1 N–H and O–H groups in total. The highest BCUT2D eigenvalue weighted by Crippen LogP contribution is 2.30. The van der Waals surface area contributed by atoms with Gasteiger partial charge in [-0.2, -0.15) is 0 Å². The van der Waals surface area contributed by atoms with Crippen LogP contribution in [0.4, 0.5) is 5.69 Å². The summed E-state index contributed by atoms with van der Waals surface area (Å²) in [6, 6.07) is 29.9. The quantitative estimate of drug-likeness (QED) is 0.257. The van der Waals surface area contributed by atoms with Crippen molar-refractivity contribution in [2.45, 2.75) is 18.0 Å². The Morgan fingerprint density at radius 1 is 0.900 bits per heavy atom. The van der Waals surface area contributed by atoms with E-state index in [4.69, 9.17) is 4.74 Å². The first-order chi connectivity index (χ1) is 19.5. The number of aromatic nitrogens is 2. The lowest BCUT2D eigenvalue weighted by Gasteiger charge is -2.27. The third-order valence-corrected chi connectivity index (χ3v) is 8.22. The Kier molecular flexibility index (Phi) is 7.93. The summed E-state index contributed by atoms with van der Waals surface area (Å²) in [7, 11) is -2.53. The lowest BCUT2D eigenvalue weighted by Crippen LogP contribution is -2.33. The zero-order valence-electron chi connectivity index (χ0n) is 21.8. The summed E-state index contributed by atoms with van der Waals surface area (Å²) >= 11 is 0. The predicted molar refractivity (Wildman–Crippen MR) is 154 cm³/mol. The molecule has 8 nitrogen and oxygen atoms in total. The minimum Gasteiger partial charge on any atom is -0.497 e. The number of ether oxygens (including phenoxy) is 1. The molecule has 0 aliphatic rings. The highest BCUT2D eigenvalue weighted by molar-refractivity contribution is 7.92. The number of hydrogen-bond donors (Lipinski definition) is 1. The normalized spacial score (nSPS) is 11.1. The topological polar surface area (TPSA) is 93.5 Å². The lowest BCUT2D eigenvalue weighted by atomic mass is 10.1. The average molecular weight is 553 g/mol. The fourth-order valence-electron chi connectivity index (χ4n) is 4.39. The van der Waals surface area contributed by atoms with Crippen LogP contribution in [0.2, 0.25) is 0 Å². The number of para-hydroxylation sites is 2. The average Bonchev–Trinajstić information content (AvgIpc) is 3.54. The number of rotatable bonds is 10. The van der Waals surface area contributed by atoms with Crippen molar-refractivity contribution in [2.24, 2.45) is 0 Å². The highest BCUT2D eigenvalue weighted by Gasteiger charge is 2.28. The Labute approximate surface area is 233 Å². The fraction of sp³-hybridized carbons (Fsp3) is 0.0968. The van der Waals surface area contributed by atoms with E-state index in [0.29, 0.717) is 5.75 Å². The Morgan fingerprint density at radius 2 is 1.60 bits per heavy atom. The van der Waals surface area contributed by atoms with E-state index in [0.717, 1.165) is 16.8 Å². The fourth-order valence-corrected chi connectivity index (χ4v) is 5.86. The minimum atomic E-state index is -4.05. The molecule has 9 heteroatoms. The highest BCUT2D eigenvalue weighted by atomic mass is 32.2. The molecule has 0 bridgehead atoms. The number of nitrogens with zero attached hydrogens (tertiary/aromatic N) is 3. The van der Waals surface area contributed by atoms with Gasteiger partial charge >= 0.3 is 0 Å². The third-order valence-electron chi connectivity index (χ3n) is 6.45. The summed E-state index contributed by atoms with van der Waals surface area (Å²) in [6.45, 7) is 0.286. The molecular formula is C31H28N4O4S. The molecule has 1 aromatic heterocycles. The van der Waals surface area contributed by atoms with E-state index in [1.54, 1.807) is 48.9 Å². The van der Waals surface area contributed by atoms with Gasteiger partial charge in [-0.3, -0.25) is 9.10 Å². The minimum absolute atomic E-state index is 0.0446. The number of methoxy groups -OCH3 is 1. The molecule has 0 fully saturated rings. The smallest absolute Gasteiger partial charge is 0.264 e. The summed E-state index contributed by atoms with van der Waals surface area (Å²) in [5.74, 6) is 0.156. The van der Waals surface area contributed by atoms with Gasteiger partial charge in [-0.25, -0.2) is 13.4 Å². The molecule has 202 valence electrons. The molecule has 0 unspecified atom stereocenters. The Morgan fingerprint density at radius 3 is 2.33 bits per heavy atom. The second kappa shape index (κ2) is 11.9. The van der Waals surface area contributed by atoms with Gasteiger partial charge in [-0.15, -0.1) is 0 Å². The third kappa shape index (κ3) is 5.74. The van der Waals surface area contributed by atoms with Crippen molar-refractivity contribution in [3.63, 3.8) is 0 Å². The molecule has 0 aliphatic heterocycles. The predicted octanol–water partition coefficient (Wildman–Crippen LogP) is 5.21. The zero-order chi connectivity index (χ0) is 28.0. The molecule has 0 spiro atoms. The van der Waals surface area contributed by atoms with Crippen LogP contribution >= 0.6 is 0 Å². The van der Waals surface area contributed by atoms with Crippen LogP contribution in [0.3, 0.4) is 0 Å². The van der Waals surface area contributed by atoms with E-state index < -0.39 is 10.0 Å². The second-order valence-electron chi connectivity index (χ2n) is 8.97. The van der Waals surface area contributed by atoms with E-state index in [2.05, 4.69) is 10.3 Å². The maximum absolute atomic E-state index is 14.0. The van der Waals surface area contributed by atoms with Crippen LogP contribution in [-0.2, 0) is 23.1 Å². The van der Waals surface area contributed by atoms with Gasteiger partial charge in [-0.05, 0) is 53.6 Å². The van der Waals surface area contributed by atoms with Crippen molar-refractivity contribution in [3.05, 3.63) is 139 Å². The number of imidazole rings is 1. The summed E-state index contributed by atoms with van der Waals surface area (Å²) in [5.41, 5.74) is 3.09. The molecule has 5 aromatic rings. The first kappa shape index (κ1) is 26.7. The number of carbonyl (C=O) groups excluding carboxylic acids is 1. The molecule has 0 atom stereocenters. The van der Waals surface area contributed by atoms with Gasteiger partial charge < -0.3 is 14.6 Å². The molecular weight excluding hydrogens is 524 g/mol. The number of sulfonamides is 1. The molecule has 1 amide bonds. The van der Waals surface area contributed by atoms with Gasteiger partial charge in [0, 0.05) is 18.9 Å². The standard InChI is InChI=1S/C31H28N4O4S/c1-39-26-15-17-27(18-16-26)40(37,38)35(22-24-9-3-2-4-10-24)30-14-8-6-12-28(30)31(36)33-21-25-11-5-7-13-29(25)34-20-19-32-23-34/h2-20,23H,21-22H2,1H3,(H,33,36). The van der Waals surface area contributed by atoms with Crippen LogP contribution in [0.15, 0.2) is 127 Å². The summed E-state index contributed by atoms with van der Waals surface area (Å²) in [6.07, 6.45) is 5.22. The van der Waals surface area contributed by atoms with Crippen molar-refractivity contribution in [1.82, 2.24) is 14.9 Å². The van der Waals surface area contributed by atoms with Crippen molar-refractivity contribution in [2.75, 3.05) is 11.4 Å². The van der Waals surface area contributed by atoms with Crippen molar-refractivity contribution >= 4 is 21.6 Å². The monoisotopic (exact) mass is 552 g/mol. The largest absolute Gasteiger partial charge is 0.497 e. The summed E-state index contributed by atoms with van der Waals surface area (Å²) < 4.78 is 36.4. The van der Waals surface area contributed by atoms with E-state index in [1.807, 2.05) is 65.4 Å². The lowest BCUT2D eigenvalue weighted by molar-refractivity contribution is 0.0951. The maximum Gasteiger partial charge on any atom is 0.264 e. The number of benzene rings is 4. The zero-order valence-corrected chi connectivity index (χ0v) is 22.7. The van der Waals surface area contributed by atoms with Crippen molar-refractivity contribution in [3.8, 4) is 11.4 Å². The van der Waals surface area contributed by atoms with Crippen LogP contribution < -0.4 is 14.4 Å². The molecule has 4 aromatic carbocycles. The number of carbonyl (C=O) groups is 1. The van der Waals surface area contributed by atoms with Gasteiger partial charge in [-0.1, -0.05) is 60.7 Å². The molecule has 0 saturated carbocycles. The molecule has 40 heavy (non-hydrogen) atoms. The van der Waals surface area contributed by atoms with Crippen molar-refractivity contribution in [1.29, 1.82) is 0 Å². The second-order valence-corrected chi connectivity index (χ2v) is 10.8. The van der Waals surface area contributed by atoms with Crippen LogP contribution in [0.5, 0.6) is 5.75 Å². The molecule has 1 heterocycles. The summed E-state index contributed by atoms with van der Waals surface area (Å²) in [5, 5.41) is 2.97. The number of amides is 1. The molecule has 5 rings (SSSR count). The van der Waals surface area contributed by atoms with E-state index in [9.17, 15) is 13.2 Å². The molecule has 0 radical (unpaired) electrons. The number of anilines is 1. The van der Waals surface area contributed by atoms with E-state index >= 15 is 0 Å². The van der Waals surface area contributed by atoms with Crippen LogP contribution in [0.25, 0.3) is 5.69 Å². The van der Waals surface area contributed by atoms with E-state index in [1.165, 1.54) is 23.5 Å². The van der Waals surface area contributed by atoms with Crippen molar-refractivity contribution < 1.29 is 17.9 Å². The van der Waals surface area contributed by atoms with Crippen LogP contribution in [0, 0.1) is 0 Å². The Bertz CT molecular complexity index is 1690. The summed E-state index contributed by atoms with van der Waals surface area (Å²) in [4.78, 5) is 17.8. The van der Waals surface area contributed by atoms with Crippen LogP contribution in [0.1, 0.15) is 21.5 Å². The van der Waals surface area contributed by atoms with Gasteiger partial charge in [0.2, 0.25) is 0 Å². The van der Waals surface area contributed by atoms with Gasteiger partial charge in [0.25, 0.3) is 15.9 Å². The maximum atomic E-state index is 14.0. The number of nitrogens with one attached hydrogen (secondary N) is 1. The Hall–Kier alpha value is -4.89. The SMILES string of the molecule is COc1ccc(S(=O)(=O)N(Cc2ccccc2)c2ccccc2C(=O)NCc2ccccc2-n2ccnc2)cc1. The Balaban J connectivity index is 1.49. The van der Waals surface area contributed by atoms with Gasteiger partial charge in [0.1, 0.15) is 5.75 Å². The van der Waals surface area contributed by atoms with Gasteiger partial charge in [0.15, 0.2) is 0 Å².